The lowest BCUT2D eigenvalue weighted by molar-refractivity contribution is -0.141. The highest BCUT2D eigenvalue weighted by atomic mass is 16.5. The van der Waals surface area contributed by atoms with E-state index in [0.717, 1.165) is 45.4 Å². The van der Waals surface area contributed by atoms with Crippen LogP contribution in [0.15, 0.2) is 0 Å². The molecule has 0 spiro atoms. The van der Waals surface area contributed by atoms with Gasteiger partial charge in [0.2, 0.25) is 5.91 Å². The summed E-state index contributed by atoms with van der Waals surface area (Å²) in [5.41, 5.74) is 0. The van der Waals surface area contributed by atoms with E-state index in [9.17, 15) is 4.79 Å². The second-order valence-electron chi connectivity index (χ2n) is 5.42. The summed E-state index contributed by atoms with van der Waals surface area (Å²) in [6, 6.07) is 0.699. The molecular formula is C13H24N2O2. The van der Waals surface area contributed by atoms with Crippen molar-refractivity contribution in [2.24, 2.45) is 0 Å². The quantitative estimate of drug-likeness (QED) is 0.804. The van der Waals surface area contributed by atoms with Gasteiger partial charge in [-0.2, -0.15) is 0 Å². The fourth-order valence-corrected chi connectivity index (χ4v) is 2.79. The third-order valence-corrected chi connectivity index (χ3v) is 3.58. The molecule has 2 saturated heterocycles. The van der Waals surface area contributed by atoms with Gasteiger partial charge in [0.15, 0.2) is 0 Å². The number of piperidine rings is 1. The molecule has 2 aliphatic rings. The number of hydrogen-bond donors (Lipinski definition) is 1. The molecule has 2 unspecified atom stereocenters. The van der Waals surface area contributed by atoms with Crippen molar-refractivity contribution in [3.05, 3.63) is 0 Å². The minimum Gasteiger partial charge on any atom is -0.379 e. The van der Waals surface area contributed by atoms with Gasteiger partial charge in [-0.3, -0.25) is 4.79 Å². The molecule has 17 heavy (non-hydrogen) atoms. The van der Waals surface area contributed by atoms with E-state index < -0.39 is 0 Å². The van der Waals surface area contributed by atoms with E-state index in [0.29, 0.717) is 12.1 Å². The molecule has 0 aliphatic carbocycles. The van der Waals surface area contributed by atoms with Gasteiger partial charge in [-0.15, -0.1) is 0 Å². The Bertz CT molecular complexity index is 262. The number of amides is 1. The van der Waals surface area contributed by atoms with Crippen molar-refractivity contribution in [3.63, 3.8) is 0 Å². The molecule has 4 nitrogen and oxygen atoms in total. The Morgan fingerprint density at radius 2 is 2.18 bits per heavy atom. The number of carbonyl (C=O) groups excluding carboxylic acids is 1. The summed E-state index contributed by atoms with van der Waals surface area (Å²) in [5.74, 6) is 0.278. The predicted octanol–water partition coefficient (Wildman–Crippen LogP) is 1.15. The lowest BCUT2D eigenvalue weighted by Gasteiger charge is -2.40. The summed E-state index contributed by atoms with van der Waals surface area (Å²) < 4.78 is 5.49. The first-order chi connectivity index (χ1) is 8.18. The zero-order chi connectivity index (χ0) is 12.3. The van der Waals surface area contributed by atoms with Gasteiger partial charge in [0.25, 0.3) is 0 Å². The highest BCUT2D eigenvalue weighted by Crippen LogP contribution is 2.20. The minimum absolute atomic E-state index is 0.0191. The van der Waals surface area contributed by atoms with E-state index in [1.807, 2.05) is 4.90 Å². The first kappa shape index (κ1) is 12.8. The maximum absolute atomic E-state index is 12.4. The molecule has 1 N–H and O–H groups in total. The molecule has 0 aromatic rings. The van der Waals surface area contributed by atoms with E-state index in [2.05, 4.69) is 19.2 Å². The molecule has 2 atom stereocenters. The zero-order valence-corrected chi connectivity index (χ0v) is 10.9. The van der Waals surface area contributed by atoms with Crippen LogP contribution >= 0.6 is 0 Å². The smallest absolute Gasteiger partial charge is 0.240 e. The molecule has 0 saturated carbocycles. The standard InChI is InChI=1S/C13H24N2O2/c1-10(2)14-12-6-3-7-15(13(12)16)11-5-4-8-17-9-11/h10-12,14H,3-9H2,1-2H3. The molecule has 1 amide bonds. The van der Waals surface area contributed by atoms with Crippen molar-refractivity contribution in [2.75, 3.05) is 19.8 Å². The van der Waals surface area contributed by atoms with Crippen molar-refractivity contribution in [2.45, 2.75) is 57.7 Å². The van der Waals surface area contributed by atoms with Gasteiger partial charge in [-0.25, -0.2) is 0 Å². The van der Waals surface area contributed by atoms with Crippen molar-refractivity contribution in [1.82, 2.24) is 10.2 Å². The van der Waals surface area contributed by atoms with Gasteiger partial charge in [0, 0.05) is 19.2 Å². The fraction of sp³-hybridized carbons (Fsp3) is 0.923. The number of nitrogens with zero attached hydrogens (tertiary/aromatic N) is 1. The first-order valence-electron chi connectivity index (χ1n) is 6.82. The summed E-state index contributed by atoms with van der Waals surface area (Å²) in [5, 5.41) is 3.37. The maximum Gasteiger partial charge on any atom is 0.240 e. The van der Waals surface area contributed by atoms with Crippen molar-refractivity contribution >= 4 is 5.91 Å². The number of likely N-dealkylation sites (tertiary alicyclic amines) is 1. The highest BCUT2D eigenvalue weighted by molar-refractivity contribution is 5.83. The fourth-order valence-electron chi connectivity index (χ4n) is 2.79. The number of hydrogen-bond acceptors (Lipinski definition) is 3. The number of nitrogens with one attached hydrogen (secondary N) is 1. The predicted molar refractivity (Wildman–Crippen MR) is 66.8 cm³/mol. The van der Waals surface area contributed by atoms with Gasteiger partial charge in [-0.05, 0) is 25.7 Å². The monoisotopic (exact) mass is 240 g/mol. The van der Waals surface area contributed by atoms with Crippen LogP contribution in [0.25, 0.3) is 0 Å². The molecular weight excluding hydrogens is 216 g/mol. The molecule has 0 aromatic heterocycles. The Morgan fingerprint density at radius 1 is 1.35 bits per heavy atom. The third-order valence-electron chi connectivity index (χ3n) is 3.58. The van der Waals surface area contributed by atoms with Gasteiger partial charge in [0.05, 0.1) is 18.7 Å². The maximum atomic E-state index is 12.4. The van der Waals surface area contributed by atoms with Gasteiger partial charge in [-0.1, -0.05) is 13.8 Å². The van der Waals surface area contributed by atoms with E-state index in [1.54, 1.807) is 0 Å². The molecule has 0 radical (unpaired) electrons. The molecule has 0 bridgehead atoms. The van der Waals surface area contributed by atoms with Crippen LogP contribution in [0.3, 0.4) is 0 Å². The SMILES string of the molecule is CC(C)NC1CCCN(C2CCCOC2)C1=O. The van der Waals surface area contributed by atoms with Crippen LogP contribution in [0.4, 0.5) is 0 Å². The van der Waals surface area contributed by atoms with Gasteiger partial charge in [0.1, 0.15) is 0 Å². The van der Waals surface area contributed by atoms with Crippen LogP contribution in [0.2, 0.25) is 0 Å². The number of rotatable bonds is 3. The second-order valence-corrected chi connectivity index (χ2v) is 5.42. The molecule has 2 fully saturated rings. The third kappa shape index (κ3) is 3.19. The van der Waals surface area contributed by atoms with Crippen LogP contribution in [-0.4, -0.2) is 48.7 Å². The lowest BCUT2D eigenvalue weighted by Crippen LogP contribution is -2.56. The molecule has 98 valence electrons. The summed E-state index contributed by atoms with van der Waals surface area (Å²) in [4.78, 5) is 14.4. The second kappa shape index (κ2) is 5.83. The summed E-state index contributed by atoms with van der Waals surface area (Å²) in [6.45, 7) is 6.67. The van der Waals surface area contributed by atoms with E-state index in [4.69, 9.17) is 4.74 Å². The summed E-state index contributed by atoms with van der Waals surface area (Å²) >= 11 is 0. The van der Waals surface area contributed by atoms with Gasteiger partial charge < -0.3 is 15.0 Å². The molecule has 0 aromatic carbocycles. The summed E-state index contributed by atoms with van der Waals surface area (Å²) in [7, 11) is 0. The highest BCUT2D eigenvalue weighted by Gasteiger charge is 2.33. The number of ether oxygens (including phenoxy) is 1. The van der Waals surface area contributed by atoms with E-state index >= 15 is 0 Å². The minimum atomic E-state index is 0.0191. The van der Waals surface area contributed by atoms with Crippen LogP contribution < -0.4 is 5.32 Å². The Morgan fingerprint density at radius 3 is 2.82 bits per heavy atom. The Kier molecular flexibility index (Phi) is 4.40. The summed E-state index contributed by atoms with van der Waals surface area (Å²) in [6.07, 6.45) is 4.25. The Labute approximate surface area is 104 Å². The van der Waals surface area contributed by atoms with E-state index in [1.165, 1.54) is 0 Å². The van der Waals surface area contributed by atoms with Crippen LogP contribution in [0, 0.1) is 0 Å². The van der Waals surface area contributed by atoms with Gasteiger partial charge >= 0.3 is 0 Å². The van der Waals surface area contributed by atoms with E-state index in [-0.39, 0.29) is 11.9 Å². The lowest BCUT2D eigenvalue weighted by atomic mass is 9.99. The van der Waals surface area contributed by atoms with Crippen LogP contribution in [0.1, 0.15) is 39.5 Å². The van der Waals surface area contributed by atoms with Crippen molar-refractivity contribution in [1.29, 1.82) is 0 Å². The largest absolute Gasteiger partial charge is 0.379 e. The normalized spacial score (nSPS) is 31.0. The topological polar surface area (TPSA) is 41.6 Å². The van der Waals surface area contributed by atoms with Crippen LogP contribution in [-0.2, 0) is 9.53 Å². The van der Waals surface area contributed by atoms with Crippen molar-refractivity contribution < 1.29 is 9.53 Å². The first-order valence-corrected chi connectivity index (χ1v) is 6.82. The Balaban J connectivity index is 1.95. The molecule has 4 heteroatoms. The molecule has 2 rings (SSSR count). The van der Waals surface area contributed by atoms with Crippen LogP contribution in [0.5, 0.6) is 0 Å². The average Bonchev–Trinajstić information content (AvgIpc) is 2.32. The average molecular weight is 240 g/mol. The Hall–Kier alpha value is -0.610. The number of carbonyl (C=O) groups is 1. The molecule has 2 aliphatic heterocycles. The molecule has 2 heterocycles. The zero-order valence-electron chi connectivity index (χ0n) is 10.9. The van der Waals surface area contributed by atoms with Crippen molar-refractivity contribution in [3.8, 4) is 0 Å².